The molecule has 34 heavy (non-hydrogen) atoms. The van der Waals surface area contributed by atoms with E-state index in [1.54, 1.807) is 31.2 Å². The summed E-state index contributed by atoms with van der Waals surface area (Å²) in [6, 6.07) is 15.6. The second-order valence-electron chi connectivity index (χ2n) is 7.19. The van der Waals surface area contributed by atoms with Gasteiger partial charge in [-0.05, 0) is 73.0 Å². The summed E-state index contributed by atoms with van der Waals surface area (Å²) in [6.45, 7) is 1.66. The van der Waals surface area contributed by atoms with Crippen LogP contribution in [0.5, 0.6) is 17.2 Å². The molecule has 0 aliphatic carbocycles. The molecule has 3 aromatic carbocycles. The van der Waals surface area contributed by atoms with Crippen LogP contribution in [0.15, 0.2) is 71.6 Å². The lowest BCUT2D eigenvalue weighted by molar-refractivity contribution is -0.274. The van der Waals surface area contributed by atoms with Crippen LogP contribution in [-0.2, 0) is 16.4 Å². The molecule has 0 aliphatic rings. The Bertz CT molecular complexity index is 1260. The average molecular weight is 495 g/mol. The van der Waals surface area contributed by atoms with Gasteiger partial charge in [-0.3, -0.25) is 0 Å². The summed E-state index contributed by atoms with van der Waals surface area (Å²) in [5.74, 6) is -0.812. The quantitative estimate of drug-likeness (QED) is 0.438. The topological polar surface area (TPSA) is 102 Å². The Labute approximate surface area is 193 Å². The number of carboxylic acids is 1. The van der Waals surface area contributed by atoms with Gasteiger partial charge in [-0.1, -0.05) is 18.2 Å². The van der Waals surface area contributed by atoms with Crippen LogP contribution in [0.1, 0.15) is 21.5 Å². The minimum absolute atomic E-state index is 0.0824. The largest absolute Gasteiger partial charge is 0.573 e. The maximum absolute atomic E-state index is 12.5. The van der Waals surface area contributed by atoms with Gasteiger partial charge in [0.2, 0.25) is 10.0 Å². The fourth-order valence-electron chi connectivity index (χ4n) is 2.98. The lowest BCUT2D eigenvalue weighted by Crippen LogP contribution is -2.26. The van der Waals surface area contributed by atoms with E-state index in [1.807, 2.05) is 0 Å². The summed E-state index contributed by atoms with van der Waals surface area (Å²) in [5.41, 5.74) is 1.18. The van der Waals surface area contributed by atoms with Crippen LogP contribution >= 0.6 is 0 Å². The fraction of sp³-hybridized carbons (Fsp3) is 0.174. The predicted octanol–water partition coefficient (Wildman–Crippen LogP) is 4.91. The molecule has 7 nitrogen and oxygen atoms in total. The standard InChI is InChI=1S/C23H20F3NO6S/c1-15-2-11-20(14-21(15)22(28)29)34(30,31)27-13-12-16-3-5-17(6-4-16)32-18-7-9-19(10-8-18)33-23(24,25)26/h2-11,14,27H,12-13H2,1H3,(H,28,29). The van der Waals surface area contributed by atoms with Crippen molar-refractivity contribution < 1.29 is 41.0 Å². The molecule has 0 aliphatic heterocycles. The number of sulfonamides is 1. The van der Waals surface area contributed by atoms with E-state index >= 15 is 0 Å². The van der Waals surface area contributed by atoms with Crippen molar-refractivity contribution in [2.24, 2.45) is 0 Å². The summed E-state index contributed by atoms with van der Waals surface area (Å²) < 4.78 is 73.4. The van der Waals surface area contributed by atoms with Gasteiger partial charge >= 0.3 is 12.3 Å². The molecular formula is C23H20F3NO6S. The summed E-state index contributed by atoms with van der Waals surface area (Å²) in [4.78, 5) is 11.1. The fourth-order valence-corrected chi connectivity index (χ4v) is 4.04. The summed E-state index contributed by atoms with van der Waals surface area (Å²) >= 11 is 0. The third-order valence-electron chi connectivity index (χ3n) is 4.67. The molecule has 0 aromatic heterocycles. The molecule has 3 aromatic rings. The molecule has 0 atom stereocenters. The smallest absolute Gasteiger partial charge is 0.478 e. The molecule has 0 saturated heterocycles. The predicted molar refractivity (Wildman–Crippen MR) is 117 cm³/mol. The van der Waals surface area contributed by atoms with E-state index in [1.165, 1.54) is 24.3 Å². The first-order valence-corrected chi connectivity index (χ1v) is 11.4. The Hall–Kier alpha value is -3.57. The van der Waals surface area contributed by atoms with Gasteiger partial charge in [0, 0.05) is 6.54 Å². The van der Waals surface area contributed by atoms with Gasteiger partial charge in [-0.15, -0.1) is 13.2 Å². The first kappa shape index (κ1) is 25.1. The molecule has 0 saturated carbocycles. The number of hydrogen-bond donors (Lipinski definition) is 2. The number of ether oxygens (including phenoxy) is 2. The molecule has 0 heterocycles. The van der Waals surface area contributed by atoms with Gasteiger partial charge < -0.3 is 14.6 Å². The molecule has 0 fully saturated rings. The zero-order chi connectivity index (χ0) is 24.9. The molecule has 0 spiro atoms. The van der Waals surface area contributed by atoms with E-state index < -0.39 is 22.4 Å². The Morgan fingerprint density at radius 1 is 0.941 bits per heavy atom. The van der Waals surface area contributed by atoms with Crippen LogP contribution in [0.4, 0.5) is 13.2 Å². The van der Waals surface area contributed by atoms with Crippen molar-refractivity contribution in [1.82, 2.24) is 4.72 Å². The van der Waals surface area contributed by atoms with Crippen molar-refractivity contribution in [3.05, 3.63) is 83.4 Å². The number of aryl methyl sites for hydroxylation is 1. The van der Waals surface area contributed by atoms with Gasteiger partial charge in [0.25, 0.3) is 0 Å². The molecule has 0 unspecified atom stereocenters. The highest BCUT2D eigenvalue weighted by atomic mass is 32.2. The zero-order valence-electron chi connectivity index (χ0n) is 17.8. The third-order valence-corrected chi connectivity index (χ3v) is 6.13. The number of carboxylic acid groups (broad SMARTS) is 1. The zero-order valence-corrected chi connectivity index (χ0v) is 18.6. The van der Waals surface area contributed by atoms with Crippen LogP contribution in [0.3, 0.4) is 0 Å². The molecule has 180 valence electrons. The van der Waals surface area contributed by atoms with Crippen LogP contribution in [0.25, 0.3) is 0 Å². The van der Waals surface area contributed by atoms with Crippen molar-refractivity contribution in [2.75, 3.05) is 6.54 Å². The van der Waals surface area contributed by atoms with Gasteiger partial charge in [0.05, 0.1) is 10.5 Å². The monoisotopic (exact) mass is 495 g/mol. The van der Waals surface area contributed by atoms with Gasteiger partial charge in [0.1, 0.15) is 17.2 Å². The van der Waals surface area contributed by atoms with E-state index in [9.17, 15) is 31.5 Å². The van der Waals surface area contributed by atoms with Gasteiger partial charge in [-0.25, -0.2) is 17.9 Å². The Balaban J connectivity index is 1.55. The van der Waals surface area contributed by atoms with Crippen molar-refractivity contribution in [3.8, 4) is 17.2 Å². The Morgan fingerprint density at radius 3 is 2.06 bits per heavy atom. The number of benzene rings is 3. The van der Waals surface area contributed by atoms with Gasteiger partial charge in [-0.2, -0.15) is 0 Å². The summed E-state index contributed by atoms with van der Waals surface area (Å²) in [5, 5.41) is 9.18. The molecule has 0 radical (unpaired) electrons. The number of rotatable bonds is 9. The lowest BCUT2D eigenvalue weighted by atomic mass is 10.1. The van der Waals surface area contributed by atoms with Crippen molar-refractivity contribution >= 4 is 16.0 Å². The van der Waals surface area contributed by atoms with Crippen LogP contribution < -0.4 is 14.2 Å². The molecule has 0 amide bonds. The highest BCUT2D eigenvalue weighted by Gasteiger charge is 2.31. The minimum Gasteiger partial charge on any atom is -0.478 e. The normalized spacial score (nSPS) is 11.8. The molecule has 2 N–H and O–H groups in total. The lowest BCUT2D eigenvalue weighted by Gasteiger charge is -2.11. The second-order valence-corrected chi connectivity index (χ2v) is 8.96. The number of alkyl halides is 3. The minimum atomic E-state index is -4.77. The SMILES string of the molecule is Cc1ccc(S(=O)(=O)NCCc2ccc(Oc3ccc(OC(F)(F)F)cc3)cc2)cc1C(=O)O. The van der Waals surface area contributed by atoms with E-state index in [2.05, 4.69) is 9.46 Å². The summed E-state index contributed by atoms with van der Waals surface area (Å²) in [6.07, 6.45) is -4.41. The average Bonchev–Trinajstić information content (AvgIpc) is 2.75. The van der Waals surface area contributed by atoms with Crippen molar-refractivity contribution in [1.29, 1.82) is 0 Å². The van der Waals surface area contributed by atoms with Crippen LogP contribution in [0, 0.1) is 6.92 Å². The van der Waals surface area contributed by atoms with Crippen molar-refractivity contribution in [2.45, 2.75) is 24.6 Å². The third kappa shape index (κ3) is 6.96. The first-order valence-electron chi connectivity index (χ1n) is 9.89. The summed E-state index contributed by atoms with van der Waals surface area (Å²) in [7, 11) is -3.89. The number of aromatic carboxylic acids is 1. The number of halogens is 3. The van der Waals surface area contributed by atoms with E-state index in [-0.39, 0.29) is 22.8 Å². The van der Waals surface area contributed by atoms with Crippen LogP contribution in [-0.4, -0.2) is 32.4 Å². The first-order chi connectivity index (χ1) is 15.9. The van der Waals surface area contributed by atoms with Crippen LogP contribution in [0.2, 0.25) is 0 Å². The van der Waals surface area contributed by atoms with Crippen molar-refractivity contribution in [3.63, 3.8) is 0 Å². The van der Waals surface area contributed by atoms with E-state index in [0.717, 1.165) is 23.8 Å². The molecule has 0 bridgehead atoms. The van der Waals surface area contributed by atoms with Gasteiger partial charge in [0.15, 0.2) is 0 Å². The second kappa shape index (κ2) is 10.1. The van der Waals surface area contributed by atoms with E-state index in [4.69, 9.17) is 4.74 Å². The van der Waals surface area contributed by atoms with E-state index in [0.29, 0.717) is 23.5 Å². The molecular weight excluding hydrogens is 475 g/mol. The highest BCUT2D eigenvalue weighted by Crippen LogP contribution is 2.27. The molecule has 3 rings (SSSR count). The maximum Gasteiger partial charge on any atom is 0.573 e. The maximum atomic E-state index is 12.5. The Morgan fingerprint density at radius 2 is 1.50 bits per heavy atom. The highest BCUT2D eigenvalue weighted by molar-refractivity contribution is 7.89. The number of nitrogens with one attached hydrogen (secondary N) is 1. The number of hydrogen-bond acceptors (Lipinski definition) is 5. The Kier molecular flexibility index (Phi) is 7.48. The number of carbonyl (C=O) groups is 1. The molecule has 11 heteroatoms.